The van der Waals surface area contributed by atoms with Gasteiger partial charge in [-0.1, -0.05) is 30.3 Å². The van der Waals surface area contributed by atoms with Crippen molar-refractivity contribution in [1.82, 2.24) is 25.1 Å². The SMILES string of the molecule is Cc1cc(Nc2ncnc3[nH]nc(OCCN4CCC(O)CC4)c23)ccc1OCc1ccccc1. The summed E-state index contributed by atoms with van der Waals surface area (Å²) in [5, 5.41) is 21.0. The number of rotatable bonds is 9. The van der Waals surface area contributed by atoms with Gasteiger partial charge in [0.25, 0.3) is 0 Å². The van der Waals surface area contributed by atoms with Crippen LogP contribution in [0.4, 0.5) is 11.5 Å². The molecular weight excluding hydrogens is 444 g/mol. The molecule has 0 aliphatic carbocycles. The van der Waals surface area contributed by atoms with Gasteiger partial charge >= 0.3 is 0 Å². The molecule has 1 saturated heterocycles. The van der Waals surface area contributed by atoms with Gasteiger partial charge in [-0.3, -0.25) is 10.00 Å². The van der Waals surface area contributed by atoms with Crippen molar-refractivity contribution in [3.05, 3.63) is 66.0 Å². The average molecular weight is 475 g/mol. The van der Waals surface area contributed by atoms with Crippen LogP contribution in [0.2, 0.25) is 0 Å². The fraction of sp³-hybridized carbons (Fsp3) is 0.346. The summed E-state index contributed by atoms with van der Waals surface area (Å²) in [7, 11) is 0. The second-order valence-electron chi connectivity index (χ2n) is 8.78. The number of nitrogens with zero attached hydrogens (tertiary/aromatic N) is 4. The highest BCUT2D eigenvalue weighted by Gasteiger charge is 2.18. The van der Waals surface area contributed by atoms with Crippen LogP contribution in [0, 0.1) is 6.92 Å². The van der Waals surface area contributed by atoms with E-state index >= 15 is 0 Å². The Bertz CT molecular complexity index is 1250. The first-order chi connectivity index (χ1) is 17.2. The molecule has 0 radical (unpaired) electrons. The number of aliphatic hydroxyl groups is 1. The van der Waals surface area contributed by atoms with Crippen molar-refractivity contribution in [2.24, 2.45) is 0 Å². The van der Waals surface area contributed by atoms with E-state index in [9.17, 15) is 5.11 Å². The Kier molecular flexibility index (Phi) is 7.06. The van der Waals surface area contributed by atoms with Gasteiger partial charge in [0.1, 0.15) is 36.5 Å². The summed E-state index contributed by atoms with van der Waals surface area (Å²) in [6, 6.07) is 16.1. The van der Waals surface area contributed by atoms with E-state index in [2.05, 4.69) is 30.4 Å². The minimum atomic E-state index is -0.179. The van der Waals surface area contributed by atoms with Crippen molar-refractivity contribution in [2.45, 2.75) is 32.5 Å². The van der Waals surface area contributed by atoms with Crippen molar-refractivity contribution >= 4 is 22.5 Å². The van der Waals surface area contributed by atoms with Crippen LogP contribution >= 0.6 is 0 Å². The first-order valence-electron chi connectivity index (χ1n) is 11.9. The van der Waals surface area contributed by atoms with Gasteiger partial charge in [-0.25, -0.2) is 9.97 Å². The highest BCUT2D eigenvalue weighted by Crippen LogP contribution is 2.31. The number of fused-ring (bicyclic) bond motifs is 1. The van der Waals surface area contributed by atoms with Crippen molar-refractivity contribution < 1.29 is 14.6 Å². The molecule has 3 heterocycles. The van der Waals surface area contributed by atoms with E-state index in [-0.39, 0.29) is 6.10 Å². The quantitative estimate of drug-likeness (QED) is 0.336. The zero-order valence-electron chi connectivity index (χ0n) is 19.8. The first kappa shape index (κ1) is 23.1. The Balaban J connectivity index is 1.25. The van der Waals surface area contributed by atoms with E-state index in [1.165, 1.54) is 6.33 Å². The molecule has 1 aliphatic rings. The number of nitrogens with one attached hydrogen (secondary N) is 2. The monoisotopic (exact) mass is 474 g/mol. The average Bonchev–Trinajstić information content (AvgIpc) is 3.29. The number of benzene rings is 2. The van der Waals surface area contributed by atoms with Crippen LogP contribution in [0.1, 0.15) is 24.0 Å². The van der Waals surface area contributed by atoms with E-state index in [1.54, 1.807) is 0 Å². The summed E-state index contributed by atoms with van der Waals surface area (Å²) < 4.78 is 12.0. The van der Waals surface area contributed by atoms with E-state index in [4.69, 9.17) is 9.47 Å². The van der Waals surface area contributed by atoms with Crippen LogP contribution in [-0.4, -0.2) is 62.5 Å². The standard InChI is InChI=1S/C26H30N6O3/c1-18-15-20(7-8-22(18)35-16-19-5-3-2-4-6-19)29-24-23-25(28-17-27-24)30-31-26(23)34-14-13-32-11-9-21(33)10-12-32/h2-8,15,17,21,33H,9-14,16H2,1H3,(H2,27,28,29,30,31). The molecule has 9 nitrogen and oxygen atoms in total. The Morgan fingerprint density at radius 1 is 1.09 bits per heavy atom. The molecule has 0 unspecified atom stereocenters. The van der Waals surface area contributed by atoms with Gasteiger partial charge in [-0.05, 0) is 49.1 Å². The lowest BCUT2D eigenvalue weighted by Crippen LogP contribution is -2.38. The maximum absolute atomic E-state index is 9.68. The van der Waals surface area contributed by atoms with Crippen molar-refractivity contribution in [2.75, 3.05) is 31.6 Å². The number of aromatic nitrogens is 4. The molecule has 0 bridgehead atoms. The molecule has 35 heavy (non-hydrogen) atoms. The van der Waals surface area contributed by atoms with E-state index in [0.29, 0.717) is 35.9 Å². The summed E-state index contributed by atoms with van der Waals surface area (Å²) in [5.41, 5.74) is 3.64. The molecule has 0 amide bonds. The number of hydrogen-bond donors (Lipinski definition) is 3. The smallest absolute Gasteiger partial charge is 0.246 e. The lowest BCUT2D eigenvalue weighted by Gasteiger charge is -2.29. The minimum absolute atomic E-state index is 0.179. The van der Waals surface area contributed by atoms with Gasteiger partial charge in [0.15, 0.2) is 5.65 Å². The minimum Gasteiger partial charge on any atom is -0.489 e. The first-order valence-corrected chi connectivity index (χ1v) is 11.9. The highest BCUT2D eigenvalue weighted by atomic mass is 16.5. The molecule has 9 heteroatoms. The third kappa shape index (κ3) is 5.70. The third-order valence-electron chi connectivity index (χ3n) is 6.20. The van der Waals surface area contributed by atoms with Crippen molar-refractivity contribution in [1.29, 1.82) is 0 Å². The molecule has 182 valence electrons. The zero-order chi connectivity index (χ0) is 24.0. The number of ether oxygens (including phenoxy) is 2. The fourth-order valence-electron chi connectivity index (χ4n) is 4.21. The van der Waals surface area contributed by atoms with Gasteiger partial charge in [0, 0.05) is 25.3 Å². The van der Waals surface area contributed by atoms with Crippen LogP contribution < -0.4 is 14.8 Å². The van der Waals surface area contributed by atoms with Crippen LogP contribution in [0.3, 0.4) is 0 Å². The number of anilines is 2. The van der Waals surface area contributed by atoms with Crippen LogP contribution in [0.25, 0.3) is 11.0 Å². The van der Waals surface area contributed by atoms with E-state index < -0.39 is 0 Å². The molecule has 1 fully saturated rings. The number of aromatic amines is 1. The molecule has 4 aromatic rings. The Labute approximate surface area is 204 Å². The Morgan fingerprint density at radius 2 is 1.91 bits per heavy atom. The molecule has 1 aliphatic heterocycles. The Hall–Kier alpha value is -3.69. The molecular formula is C26H30N6O3. The molecule has 2 aromatic heterocycles. The van der Waals surface area contributed by atoms with Gasteiger partial charge in [0.2, 0.25) is 5.88 Å². The number of aliphatic hydroxyl groups excluding tert-OH is 1. The fourth-order valence-corrected chi connectivity index (χ4v) is 4.21. The third-order valence-corrected chi connectivity index (χ3v) is 6.20. The van der Waals surface area contributed by atoms with Gasteiger partial charge < -0.3 is 19.9 Å². The van der Waals surface area contributed by atoms with E-state index in [1.807, 2.05) is 55.5 Å². The largest absolute Gasteiger partial charge is 0.489 e. The normalized spacial score (nSPS) is 14.8. The molecule has 0 spiro atoms. The predicted octanol–water partition coefficient (Wildman–Crippen LogP) is 3.82. The molecule has 0 atom stereocenters. The summed E-state index contributed by atoms with van der Waals surface area (Å²) in [6.07, 6.45) is 2.93. The van der Waals surface area contributed by atoms with Crippen molar-refractivity contribution in [3.63, 3.8) is 0 Å². The van der Waals surface area contributed by atoms with Gasteiger partial charge in [-0.2, -0.15) is 0 Å². The number of aryl methyl sites for hydroxylation is 1. The number of likely N-dealkylation sites (tertiary alicyclic amines) is 1. The summed E-state index contributed by atoms with van der Waals surface area (Å²) in [4.78, 5) is 11.0. The maximum Gasteiger partial charge on any atom is 0.246 e. The predicted molar refractivity (Wildman–Crippen MR) is 134 cm³/mol. The van der Waals surface area contributed by atoms with Crippen LogP contribution in [0.15, 0.2) is 54.9 Å². The second-order valence-corrected chi connectivity index (χ2v) is 8.78. The van der Waals surface area contributed by atoms with Gasteiger partial charge in [-0.15, -0.1) is 5.10 Å². The van der Waals surface area contributed by atoms with E-state index in [0.717, 1.165) is 55.0 Å². The number of H-pyrrole nitrogens is 1. The van der Waals surface area contributed by atoms with Crippen LogP contribution in [0.5, 0.6) is 11.6 Å². The molecule has 5 rings (SSSR count). The highest BCUT2D eigenvalue weighted by molar-refractivity contribution is 5.92. The lowest BCUT2D eigenvalue weighted by molar-refractivity contribution is 0.0752. The molecule has 2 aromatic carbocycles. The van der Waals surface area contributed by atoms with Crippen molar-refractivity contribution in [3.8, 4) is 11.6 Å². The topological polar surface area (TPSA) is 108 Å². The van der Waals surface area contributed by atoms with Gasteiger partial charge in [0.05, 0.1) is 6.10 Å². The molecule has 0 saturated carbocycles. The second kappa shape index (κ2) is 10.7. The number of hydrogen-bond acceptors (Lipinski definition) is 8. The zero-order valence-corrected chi connectivity index (χ0v) is 19.8. The van der Waals surface area contributed by atoms with Crippen LogP contribution in [-0.2, 0) is 6.61 Å². The summed E-state index contributed by atoms with van der Waals surface area (Å²) >= 11 is 0. The lowest BCUT2D eigenvalue weighted by atomic mass is 10.1. The number of piperidine rings is 1. The molecule has 3 N–H and O–H groups in total. The summed E-state index contributed by atoms with van der Waals surface area (Å²) in [6.45, 7) is 5.58. The maximum atomic E-state index is 9.68. The summed E-state index contributed by atoms with van der Waals surface area (Å²) in [5.74, 6) is 1.93. The Morgan fingerprint density at radius 3 is 2.71 bits per heavy atom.